The van der Waals surface area contributed by atoms with Gasteiger partial charge in [-0.2, -0.15) is 0 Å². The fourth-order valence-electron chi connectivity index (χ4n) is 5.10. The van der Waals surface area contributed by atoms with E-state index in [2.05, 4.69) is 30.5 Å². The van der Waals surface area contributed by atoms with Gasteiger partial charge in [-0.1, -0.05) is 115 Å². The molecule has 41 heavy (non-hydrogen) atoms. The van der Waals surface area contributed by atoms with E-state index in [1.807, 2.05) is 71.9 Å². The Kier molecular flexibility index (Phi) is 18.1. The molecule has 0 N–H and O–H groups in total. The molecule has 0 bridgehead atoms. The highest BCUT2D eigenvalue weighted by molar-refractivity contribution is 6.05. The number of halogens is 1. The molecule has 4 nitrogen and oxygen atoms in total. The molecule has 2 aromatic carbocycles. The van der Waals surface area contributed by atoms with Crippen LogP contribution in [0.4, 0.5) is 5.69 Å². The number of para-hydroxylation sites is 1. The third-order valence-corrected chi connectivity index (χ3v) is 7.43. The largest absolute Gasteiger partial charge is 1.00 e. The second-order valence-electron chi connectivity index (χ2n) is 10.9. The number of carbonyl (C=O) groups is 1. The number of hydrogen-bond acceptors (Lipinski definition) is 2. The number of unbranched alkanes of at least 4 members (excludes halogenated alkanes) is 11. The number of ether oxygens (including phenoxy) is 1. The number of carbonyl (C=O) groups excluding carboxylic acids is 1. The lowest BCUT2D eigenvalue weighted by atomic mass is 10.1. The van der Waals surface area contributed by atoms with Gasteiger partial charge >= 0.3 is 0 Å². The maximum Gasteiger partial charge on any atom is 0.264 e. The summed E-state index contributed by atoms with van der Waals surface area (Å²) in [4.78, 5) is 15.5. The molecule has 0 saturated carbocycles. The molecule has 0 aliphatic carbocycles. The number of hydrogen-bond donors (Lipinski definition) is 0. The van der Waals surface area contributed by atoms with Crippen molar-refractivity contribution < 1.29 is 38.1 Å². The fourth-order valence-corrected chi connectivity index (χ4v) is 5.10. The summed E-state index contributed by atoms with van der Waals surface area (Å²) in [7, 11) is 0. The number of nitrogens with zero attached hydrogens (tertiary/aromatic N) is 2. The quantitative estimate of drug-likeness (QED) is 0.0802. The number of aromatic nitrogens is 1. The number of pyridine rings is 1. The van der Waals surface area contributed by atoms with Gasteiger partial charge in [0.2, 0.25) is 0 Å². The molecule has 0 unspecified atom stereocenters. The summed E-state index contributed by atoms with van der Waals surface area (Å²) in [6, 6.07) is 22.0. The molecule has 3 aromatic rings. The van der Waals surface area contributed by atoms with E-state index >= 15 is 0 Å². The molecule has 1 amide bonds. The maximum atomic E-state index is 13.6. The van der Waals surface area contributed by atoms with E-state index in [1.54, 1.807) is 0 Å². The smallest absolute Gasteiger partial charge is 0.264 e. The molecule has 0 saturated heterocycles. The summed E-state index contributed by atoms with van der Waals surface area (Å²) in [6.07, 6.45) is 21.1. The van der Waals surface area contributed by atoms with Gasteiger partial charge in [0.15, 0.2) is 12.4 Å². The molecule has 224 valence electrons. The molecule has 0 spiro atoms. The van der Waals surface area contributed by atoms with Crippen LogP contribution in [0.3, 0.4) is 0 Å². The summed E-state index contributed by atoms with van der Waals surface area (Å²) < 4.78 is 8.09. The molecule has 1 heterocycles. The van der Waals surface area contributed by atoms with Gasteiger partial charge in [0, 0.05) is 18.2 Å². The lowest BCUT2D eigenvalue weighted by Crippen LogP contribution is -3.00. The zero-order chi connectivity index (χ0) is 28.3. The van der Waals surface area contributed by atoms with Crippen LogP contribution in [0.2, 0.25) is 0 Å². The van der Waals surface area contributed by atoms with Crippen LogP contribution in [0, 0.1) is 0 Å². The van der Waals surface area contributed by atoms with Crippen molar-refractivity contribution in [3.63, 3.8) is 0 Å². The predicted molar refractivity (Wildman–Crippen MR) is 167 cm³/mol. The van der Waals surface area contributed by atoms with Crippen LogP contribution in [-0.2, 0) is 13.1 Å². The normalized spacial score (nSPS) is 10.7. The first kappa shape index (κ1) is 34.8. The number of anilines is 1. The first-order chi connectivity index (χ1) is 19.7. The van der Waals surface area contributed by atoms with Crippen LogP contribution in [0.15, 0.2) is 79.1 Å². The van der Waals surface area contributed by atoms with Gasteiger partial charge < -0.3 is 33.6 Å². The average molecular weight is 671 g/mol. The fraction of sp³-hybridized carbons (Fsp3) is 0.500. The summed E-state index contributed by atoms with van der Waals surface area (Å²) >= 11 is 0. The third kappa shape index (κ3) is 13.4. The highest BCUT2D eigenvalue weighted by Gasteiger charge is 2.20. The van der Waals surface area contributed by atoms with Gasteiger partial charge in [-0.05, 0) is 42.3 Å². The van der Waals surface area contributed by atoms with Gasteiger partial charge in [-0.15, -0.1) is 0 Å². The second-order valence-corrected chi connectivity index (χ2v) is 10.9. The molecule has 5 heteroatoms. The Hall–Kier alpha value is -2.41. The lowest BCUT2D eigenvalue weighted by molar-refractivity contribution is -0.697. The standard InChI is InChI=1S/C36H51N2O2.HI/c1-3-5-6-7-8-9-10-11-12-13-14-18-29-40-35-25-23-32(24-26-35)30-38(34-21-16-15-17-22-34)36(39)33-20-19-28-37(31-33)27-4-2;/h15-17,19-26,28,31H,3-14,18,27,29-30H2,1-2H3;1H/q+1;/p-1. The van der Waals surface area contributed by atoms with E-state index in [1.165, 1.54) is 70.6 Å². The van der Waals surface area contributed by atoms with Crippen molar-refractivity contribution in [2.24, 2.45) is 0 Å². The van der Waals surface area contributed by atoms with Gasteiger partial charge in [0.05, 0.1) is 13.2 Å². The van der Waals surface area contributed by atoms with Crippen LogP contribution < -0.4 is 38.2 Å². The van der Waals surface area contributed by atoms with E-state index in [0.717, 1.165) is 43.0 Å². The van der Waals surface area contributed by atoms with Crippen LogP contribution in [-0.4, -0.2) is 12.5 Å². The molecule has 0 radical (unpaired) electrons. The molecule has 0 atom stereocenters. The van der Waals surface area contributed by atoms with Gasteiger partial charge in [0.25, 0.3) is 5.91 Å². The van der Waals surface area contributed by atoms with Crippen LogP contribution in [0.1, 0.15) is 113 Å². The molecular formula is C36H51IN2O2. The second kappa shape index (κ2) is 21.3. The van der Waals surface area contributed by atoms with Crippen molar-refractivity contribution in [1.82, 2.24) is 0 Å². The molecule has 1 aromatic heterocycles. The molecule has 0 aliphatic heterocycles. The van der Waals surface area contributed by atoms with Gasteiger partial charge in [-0.3, -0.25) is 4.79 Å². The summed E-state index contributed by atoms with van der Waals surface area (Å²) in [5.41, 5.74) is 2.67. The van der Waals surface area contributed by atoms with Crippen molar-refractivity contribution in [3.05, 3.63) is 90.3 Å². The number of amides is 1. The molecule has 3 rings (SSSR count). The Bertz CT molecular complexity index is 1090. The van der Waals surface area contributed by atoms with E-state index in [-0.39, 0.29) is 29.9 Å². The minimum atomic E-state index is 0. The minimum absolute atomic E-state index is 0. The van der Waals surface area contributed by atoms with E-state index in [4.69, 9.17) is 4.74 Å². The van der Waals surface area contributed by atoms with E-state index < -0.39 is 0 Å². The molecule has 0 aliphatic rings. The summed E-state index contributed by atoms with van der Waals surface area (Å²) in [5.74, 6) is 0.900. The molecule has 0 fully saturated rings. The highest BCUT2D eigenvalue weighted by Crippen LogP contribution is 2.21. The van der Waals surface area contributed by atoms with Crippen LogP contribution in [0.25, 0.3) is 0 Å². The van der Waals surface area contributed by atoms with Crippen molar-refractivity contribution in [3.8, 4) is 5.75 Å². The Morgan fingerprint density at radius 1 is 0.707 bits per heavy atom. The lowest BCUT2D eigenvalue weighted by Gasteiger charge is -2.23. The SMILES string of the molecule is CCCCCCCCCCCCCCOc1ccc(CN(C(=O)c2ccc[n+](CCC)c2)c2ccccc2)cc1.[I-]. The van der Waals surface area contributed by atoms with Crippen LogP contribution >= 0.6 is 0 Å². The van der Waals surface area contributed by atoms with E-state index in [0.29, 0.717) is 12.1 Å². The van der Waals surface area contributed by atoms with Gasteiger partial charge in [-0.25, -0.2) is 4.57 Å². The third-order valence-electron chi connectivity index (χ3n) is 7.43. The number of aryl methyl sites for hydroxylation is 1. The monoisotopic (exact) mass is 670 g/mol. The Balaban J connectivity index is 0.00000588. The van der Waals surface area contributed by atoms with Crippen molar-refractivity contribution >= 4 is 11.6 Å². The Labute approximate surface area is 266 Å². The van der Waals surface area contributed by atoms with Crippen molar-refractivity contribution in [1.29, 1.82) is 0 Å². The first-order valence-corrected chi connectivity index (χ1v) is 15.8. The minimum Gasteiger partial charge on any atom is -1.00 e. The summed E-state index contributed by atoms with van der Waals surface area (Å²) in [5, 5.41) is 0. The van der Waals surface area contributed by atoms with Gasteiger partial charge in [0.1, 0.15) is 17.9 Å². The Morgan fingerprint density at radius 3 is 1.93 bits per heavy atom. The van der Waals surface area contributed by atoms with Crippen molar-refractivity contribution in [2.45, 2.75) is 110 Å². The zero-order valence-corrected chi connectivity index (χ0v) is 27.6. The summed E-state index contributed by atoms with van der Waals surface area (Å²) in [6.45, 7) is 6.58. The zero-order valence-electron chi connectivity index (χ0n) is 25.4. The average Bonchev–Trinajstić information content (AvgIpc) is 2.99. The maximum absolute atomic E-state index is 13.6. The number of benzene rings is 2. The highest BCUT2D eigenvalue weighted by atomic mass is 127. The predicted octanol–water partition coefficient (Wildman–Crippen LogP) is 6.32. The topological polar surface area (TPSA) is 33.4 Å². The molecular weight excluding hydrogens is 619 g/mol. The van der Waals surface area contributed by atoms with Crippen molar-refractivity contribution in [2.75, 3.05) is 11.5 Å². The first-order valence-electron chi connectivity index (χ1n) is 15.8. The van der Waals surface area contributed by atoms with E-state index in [9.17, 15) is 4.79 Å². The van der Waals surface area contributed by atoms with Crippen LogP contribution in [0.5, 0.6) is 5.75 Å². The Morgan fingerprint density at radius 2 is 1.32 bits per heavy atom. The number of rotatable bonds is 20.